The molecule has 0 N–H and O–H groups in total. The lowest BCUT2D eigenvalue weighted by Crippen LogP contribution is -2.08. The summed E-state index contributed by atoms with van der Waals surface area (Å²) in [5.74, 6) is 2.31. The first-order chi connectivity index (χ1) is 10.1. The third-order valence-corrected chi connectivity index (χ3v) is 3.82. The standard InChI is InChI=1S/C15H17ClN4O/c1-9-4-5-13-15(17-9)20(14(18-13)6-7-16)8-12-10(2)19-21-11(12)3/h4-5H,6-8H2,1-3H3. The van der Waals surface area contributed by atoms with Gasteiger partial charge in [-0.1, -0.05) is 5.16 Å². The molecule has 3 aromatic rings. The Hall–Kier alpha value is -1.88. The van der Waals surface area contributed by atoms with Crippen LogP contribution in [0.2, 0.25) is 0 Å². The van der Waals surface area contributed by atoms with E-state index in [1.165, 1.54) is 0 Å². The maximum Gasteiger partial charge on any atom is 0.160 e. The lowest BCUT2D eigenvalue weighted by Gasteiger charge is -2.08. The average Bonchev–Trinajstić information content (AvgIpc) is 2.94. The van der Waals surface area contributed by atoms with Gasteiger partial charge in [-0.05, 0) is 32.9 Å². The molecule has 0 aliphatic carbocycles. The molecule has 0 unspecified atom stereocenters. The Balaban J connectivity index is 2.14. The number of aryl methyl sites for hydroxylation is 4. The summed E-state index contributed by atoms with van der Waals surface area (Å²) in [6.07, 6.45) is 0.709. The first-order valence-electron chi connectivity index (χ1n) is 6.90. The smallest absolute Gasteiger partial charge is 0.160 e. The molecule has 0 spiro atoms. The van der Waals surface area contributed by atoms with Crippen LogP contribution in [0.3, 0.4) is 0 Å². The van der Waals surface area contributed by atoms with Crippen molar-refractivity contribution in [2.75, 3.05) is 5.88 Å². The first-order valence-corrected chi connectivity index (χ1v) is 7.44. The highest BCUT2D eigenvalue weighted by Crippen LogP contribution is 2.20. The molecular formula is C15H17ClN4O. The predicted molar refractivity (Wildman–Crippen MR) is 81.8 cm³/mol. The van der Waals surface area contributed by atoms with E-state index in [-0.39, 0.29) is 0 Å². The van der Waals surface area contributed by atoms with Crippen molar-refractivity contribution in [1.82, 2.24) is 19.7 Å². The van der Waals surface area contributed by atoms with Crippen molar-refractivity contribution < 1.29 is 4.52 Å². The fourth-order valence-electron chi connectivity index (χ4n) is 2.47. The van der Waals surface area contributed by atoms with Crippen LogP contribution in [0, 0.1) is 20.8 Å². The largest absolute Gasteiger partial charge is 0.361 e. The van der Waals surface area contributed by atoms with Gasteiger partial charge in [0, 0.05) is 23.6 Å². The van der Waals surface area contributed by atoms with Gasteiger partial charge in [-0.25, -0.2) is 9.97 Å². The van der Waals surface area contributed by atoms with Crippen LogP contribution in [0.15, 0.2) is 16.7 Å². The molecule has 5 nitrogen and oxygen atoms in total. The SMILES string of the molecule is Cc1ccc2nc(CCCl)n(Cc3c(C)noc3C)c2n1. The van der Waals surface area contributed by atoms with Crippen molar-refractivity contribution in [3.63, 3.8) is 0 Å². The Bertz CT molecular complexity index is 771. The number of pyridine rings is 1. The molecule has 0 saturated carbocycles. The molecule has 0 bridgehead atoms. The number of fused-ring (bicyclic) bond motifs is 1. The Morgan fingerprint density at radius 3 is 2.67 bits per heavy atom. The lowest BCUT2D eigenvalue weighted by molar-refractivity contribution is 0.392. The van der Waals surface area contributed by atoms with Crippen molar-refractivity contribution in [2.45, 2.75) is 33.7 Å². The van der Waals surface area contributed by atoms with Crippen molar-refractivity contribution in [3.05, 3.63) is 40.7 Å². The zero-order valence-corrected chi connectivity index (χ0v) is 13.1. The van der Waals surface area contributed by atoms with Gasteiger partial charge < -0.3 is 9.09 Å². The maximum absolute atomic E-state index is 5.91. The summed E-state index contributed by atoms with van der Waals surface area (Å²) in [7, 11) is 0. The molecule has 0 aliphatic rings. The van der Waals surface area contributed by atoms with Crippen LogP contribution in [0.5, 0.6) is 0 Å². The minimum absolute atomic E-state index is 0.532. The molecular weight excluding hydrogens is 288 g/mol. The number of imidazole rings is 1. The molecule has 3 heterocycles. The van der Waals surface area contributed by atoms with E-state index in [1.807, 2.05) is 32.9 Å². The second-order valence-corrected chi connectivity index (χ2v) is 5.53. The van der Waals surface area contributed by atoms with Crippen molar-refractivity contribution in [3.8, 4) is 0 Å². The monoisotopic (exact) mass is 304 g/mol. The van der Waals surface area contributed by atoms with Crippen LogP contribution in [-0.2, 0) is 13.0 Å². The Labute approximate surface area is 127 Å². The minimum Gasteiger partial charge on any atom is -0.361 e. The van der Waals surface area contributed by atoms with Gasteiger partial charge in [-0.3, -0.25) is 0 Å². The number of hydrogen-bond acceptors (Lipinski definition) is 4. The molecule has 0 radical (unpaired) electrons. The van der Waals surface area contributed by atoms with Crippen molar-refractivity contribution in [2.24, 2.45) is 0 Å². The molecule has 0 aliphatic heterocycles. The van der Waals surface area contributed by atoms with E-state index in [2.05, 4.69) is 19.7 Å². The van der Waals surface area contributed by atoms with Gasteiger partial charge in [0.05, 0.1) is 12.2 Å². The molecule has 0 aromatic carbocycles. The summed E-state index contributed by atoms with van der Waals surface area (Å²) in [4.78, 5) is 9.27. The van der Waals surface area contributed by atoms with E-state index in [4.69, 9.17) is 16.1 Å². The highest BCUT2D eigenvalue weighted by atomic mass is 35.5. The van der Waals surface area contributed by atoms with E-state index < -0.39 is 0 Å². The van der Waals surface area contributed by atoms with E-state index in [0.717, 1.165) is 39.7 Å². The van der Waals surface area contributed by atoms with Gasteiger partial charge in [0.1, 0.15) is 17.1 Å². The summed E-state index contributed by atoms with van der Waals surface area (Å²) in [6.45, 7) is 6.51. The summed E-state index contributed by atoms with van der Waals surface area (Å²) in [5.41, 5.74) is 4.73. The van der Waals surface area contributed by atoms with Crippen LogP contribution in [0.1, 0.15) is 28.5 Å². The fourth-order valence-corrected chi connectivity index (χ4v) is 2.64. The van der Waals surface area contributed by atoms with Crippen molar-refractivity contribution >= 4 is 22.8 Å². The maximum atomic E-state index is 5.91. The molecule has 0 amide bonds. The van der Waals surface area contributed by atoms with Gasteiger partial charge in [0.25, 0.3) is 0 Å². The van der Waals surface area contributed by atoms with Crippen molar-refractivity contribution in [1.29, 1.82) is 0 Å². The van der Waals surface area contributed by atoms with Crippen LogP contribution >= 0.6 is 11.6 Å². The Morgan fingerprint density at radius 1 is 1.19 bits per heavy atom. The topological polar surface area (TPSA) is 56.7 Å². The second kappa shape index (κ2) is 5.48. The minimum atomic E-state index is 0.532. The summed E-state index contributed by atoms with van der Waals surface area (Å²) < 4.78 is 7.36. The summed E-state index contributed by atoms with van der Waals surface area (Å²) in [5, 5.41) is 4.01. The fraction of sp³-hybridized carbons (Fsp3) is 0.400. The van der Waals surface area contributed by atoms with Gasteiger partial charge in [0.2, 0.25) is 0 Å². The van der Waals surface area contributed by atoms with E-state index in [0.29, 0.717) is 18.8 Å². The second-order valence-electron chi connectivity index (χ2n) is 5.15. The Morgan fingerprint density at radius 2 is 2.00 bits per heavy atom. The summed E-state index contributed by atoms with van der Waals surface area (Å²) >= 11 is 5.91. The van der Waals surface area contributed by atoms with Gasteiger partial charge in [0.15, 0.2) is 5.65 Å². The number of rotatable bonds is 4. The zero-order chi connectivity index (χ0) is 15.0. The van der Waals surface area contributed by atoms with Crippen LogP contribution in [0.4, 0.5) is 0 Å². The van der Waals surface area contributed by atoms with Crippen LogP contribution in [0.25, 0.3) is 11.2 Å². The summed E-state index contributed by atoms with van der Waals surface area (Å²) in [6, 6.07) is 3.97. The number of aromatic nitrogens is 4. The number of halogens is 1. The van der Waals surface area contributed by atoms with Gasteiger partial charge in [-0.2, -0.15) is 0 Å². The normalized spacial score (nSPS) is 11.4. The van der Waals surface area contributed by atoms with E-state index >= 15 is 0 Å². The average molecular weight is 305 g/mol. The zero-order valence-electron chi connectivity index (χ0n) is 12.4. The number of hydrogen-bond donors (Lipinski definition) is 0. The van der Waals surface area contributed by atoms with E-state index in [9.17, 15) is 0 Å². The van der Waals surface area contributed by atoms with Crippen LogP contribution < -0.4 is 0 Å². The quantitative estimate of drug-likeness (QED) is 0.695. The molecule has 110 valence electrons. The first kappa shape index (κ1) is 14.1. The molecule has 3 aromatic heterocycles. The lowest BCUT2D eigenvalue weighted by atomic mass is 10.2. The van der Waals surface area contributed by atoms with Gasteiger partial charge in [-0.15, -0.1) is 11.6 Å². The predicted octanol–water partition coefficient (Wildman–Crippen LogP) is 3.17. The molecule has 3 rings (SSSR count). The number of alkyl halides is 1. The highest BCUT2D eigenvalue weighted by molar-refractivity contribution is 6.17. The van der Waals surface area contributed by atoms with E-state index in [1.54, 1.807) is 0 Å². The Kier molecular flexibility index (Phi) is 3.68. The molecule has 0 saturated heterocycles. The molecule has 6 heteroatoms. The van der Waals surface area contributed by atoms with Gasteiger partial charge >= 0.3 is 0 Å². The number of nitrogens with zero attached hydrogens (tertiary/aromatic N) is 4. The third-order valence-electron chi connectivity index (χ3n) is 3.63. The third kappa shape index (κ3) is 2.53. The molecule has 0 fully saturated rings. The molecule has 0 atom stereocenters. The molecule has 21 heavy (non-hydrogen) atoms. The van der Waals surface area contributed by atoms with Crippen LogP contribution in [-0.4, -0.2) is 25.6 Å². The highest BCUT2D eigenvalue weighted by Gasteiger charge is 2.16.